The van der Waals surface area contributed by atoms with Crippen LogP contribution in [0.3, 0.4) is 0 Å². The molecule has 3 atom stereocenters. The van der Waals surface area contributed by atoms with Gasteiger partial charge in [-0.1, -0.05) is 60.8 Å². The first-order chi connectivity index (χ1) is 13.6. The van der Waals surface area contributed by atoms with Crippen LogP contribution in [-0.4, -0.2) is 28.8 Å². The van der Waals surface area contributed by atoms with Crippen molar-refractivity contribution in [2.45, 2.75) is 57.2 Å². The van der Waals surface area contributed by atoms with E-state index in [0.29, 0.717) is 6.61 Å². The maximum absolute atomic E-state index is 11.5. The molecule has 28 heavy (non-hydrogen) atoms. The largest absolute Gasteiger partial charge is 0.494 e. The SMILES string of the molecule is CCOc1ccccc1[C@H]1[C@@H]2CCCC[C@@]2(O)CCN1Cc1ccccc1Cl. The van der Waals surface area contributed by atoms with E-state index in [1.807, 2.05) is 31.2 Å². The van der Waals surface area contributed by atoms with Gasteiger partial charge in [-0.3, -0.25) is 4.90 Å². The Kier molecular flexibility index (Phi) is 5.96. The van der Waals surface area contributed by atoms with Crippen LogP contribution >= 0.6 is 11.6 Å². The Morgan fingerprint density at radius 3 is 2.71 bits per heavy atom. The van der Waals surface area contributed by atoms with E-state index in [1.54, 1.807) is 0 Å². The Balaban J connectivity index is 1.74. The van der Waals surface area contributed by atoms with E-state index in [0.717, 1.165) is 55.1 Å². The molecule has 2 aromatic carbocycles. The number of halogens is 1. The molecule has 0 bridgehead atoms. The number of rotatable bonds is 5. The van der Waals surface area contributed by atoms with Crippen molar-refractivity contribution in [1.82, 2.24) is 4.90 Å². The second-order valence-corrected chi connectivity index (χ2v) is 8.59. The van der Waals surface area contributed by atoms with Crippen molar-refractivity contribution in [3.05, 3.63) is 64.7 Å². The number of hydrogen-bond donors (Lipinski definition) is 1. The predicted molar refractivity (Wildman–Crippen MR) is 114 cm³/mol. The van der Waals surface area contributed by atoms with Crippen molar-refractivity contribution in [2.75, 3.05) is 13.2 Å². The standard InChI is InChI=1S/C24H30ClNO2/c1-2-28-22-13-6-4-10-19(22)23-20-11-7-8-14-24(20,27)15-16-26(23)17-18-9-3-5-12-21(18)25/h3-6,9-10,12-13,20,23,27H,2,7-8,11,14-17H2,1H3/t20-,23-,24+/m0/s1. The Hall–Kier alpha value is -1.55. The van der Waals surface area contributed by atoms with Gasteiger partial charge in [0.25, 0.3) is 0 Å². The molecule has 4 heteroatoms. The first-order valence-corrected chi connectivity index (χ1v) is 10.9. The molecule has 1 saturated carbocycles. The molecule has 1 N–H and O–H groups in total. The number of fused-ring (bicyclic) bond motifs is 1. The van der Waals surface area contributed by atoms with Crippen LogP contribution in [0.1, 0.15) is 56.2 Å². The van der Waals surface area contributed by atoms with E-state index in [2.05, 4.69) is 29.2 Å². The van der Waals surface area contributed by atoms with Crippen LogP contribution in [0.15, 0.2) is 48.5 Å². The second-order valence-electron chi connectivity index (χ2n) is 8.18. The molecule has 1 heterocycles. The third-order valence-corrected chi connectivity index (χ3v) is 6.91. The number of nitrogens with zero attached hydrogens (tertiary/aromatic N) is 1. The predicted octanol–water partition coefficient (Wildman–Crippen LogP) is 5.61. The number of aliphatic hydroxyl groups is 1. The molecule has 1 saturated heterocycles. The molecule has 0 aromatic heterocycles. The maximum Gasteiger partial charge on any atom is 0.124 e. The molecule has 2 aromatic rings. The minimum Gasteiger partial charge on any atom is -0.494 e. The average molecular weight is 400 g/mol. The molecule has 0 radical (unpaired) electrons. The first kappa shape index (κ1) is 19.8. The summed E-state index contributed by atoms with van der Waals surface area (Å²) in [6.07, 6.45) is 5.10. The maximum atomic E-state index is 11.5. The minimum atomic E-state index is -0.570. The molecule has 1 aliphatic carbocycles. The Morgan fingerprint density at radius 2 is 1.89 bits per heavy atom. The van der Waals surface area contributed by atoms with E-state index < -0.39 is 5.60 Å². The summed E-state index contributed by atoms with van der Waals surface area (Å²) in [5, 5.41) is 12.3. The van der Waals surface area contributed by atoms with Gasteiger partial charge >= 0.3 is 0 Å². The number of piperidine rings is 1. The van der Waals surface area contributed by atoms with Gasteiger partial charge in [-0.15, -0.1) is 0 Å². The fourth-order valence-electron chi connectivity index (χ4n) is 5.19. The number of para-hydroxylation sites is 1. The third kappa shape index (κ3) is 3.80. The highest BCUT2D eigenvalue weighted by atomic mass is 35.5. The van der Waals surface area contributed by atoms with Crippen molar-refractivity contribution in [3.8, 4) is 5.75 Å². The lowest BCUT2D eigenvalue weighted by Crippen LogP contribution is -2.54. The molecule has 2 aliphatic rings. The zero-order valence-electron chi connectivity index (χ0n) is 16.6. The molecule has 2 fully saturated rings. The molecule has 0 spiro atoms. The molecule has 1 aliphatic heterocycles. The number of likely N-dealkylation sites (tertiary alicyclic amines) is 1. The van der Waals surface area contributed by atoms with Crippen molar-refractivity contribution in [2.24, 2.45) is 5.92 Å². The summed E-state index contributed by atoms with van der Waals surface area (Å²) >= 11 is 6.48. The van der Waals surface area contributed by atoms with E-state index >= 15 is 0 Å². The van der Waals surface area contributed by atoms with E-state index in [4.69, 9.17) is 16.3 Å². The molecule has 150 valence electrons. The van der Waals surface area contributed by atoms with Crippen LogP contribution in [0.5, 0.6) is 5.75 Å². The summed E-state index contributed by atoms with van der Waals surface area (Å²) in [4.78, 5) is 2.50. The molecule has 4 rings (SSSR count). The summed E-state index contributed by atoms with van der Waals surface area (Å²) in [6.45, 7) is 4.32. The lowest BCUT2D eigenvalue weighted by Gasteiger charge is -2.53. The van der Waals surface area contributed by atoms with Crippen LogP contribution in [0.25, 0.3) is 0 Å². The van der Waals surface area contributed by atoms with Crippen LogP contribution in [0.2, 0.25) is 5.02 Å². The van der Waals surface area contributed by atoms with Crippen molar-refractivity contribution < 1.29 is 9.84 Å². The van der Waals surface area contributed by atoms with Gasteiger partial charge in [-0.2, -0.15) is 0 Å². The van der Waals surface area contributed by atoms with Gasteiger partial charge in [0, 0.05) is 35.6 Å². The smallest absolute Gasteiger partial charge is 0.124 e. The van der Waals surface area contributed by atoms with Crippen LogP contribution in [-0.2, 0) is 6.54 Å². The summed E-state index contributed by atoms with van der Waals surface area (Å²) < 4.78 is 5.99. The minimum absolute atomic E-state index is 0.137. The highest BCUT2D eigenvalue weighted by molar-refractivity contribution is 6.31. The van der Waals surface area contributed by atoms with Gasteiger partial charge in [0.05, 0.1) is 12.2 Å². The molecular formula is C24H30ClNO2. The monoisotopic (exact) mass is 399 g/mol. The topological polar surface area (TPSA) is 32.7 Å². The summed E-state index contributed by atoms with van der Waals surface area (Å²) in [5.41, 5.74) is 1.77. The Morgan fingerprint density at radius 1 is 1.11 bits per heavy atom. The second kappa shape index (κ2) is 8.44. The summed E-state index contributed by atoms with van der Waals surface area (Å²) in [6, 6.07) is 16.6. The molecular weight excluding hydrogens is 370 g/mol. The van der Waals surface area contributed by atoms with Gasteiger partial charge in [0.1, 0.15) is 5.75 Å². The highest BCUT2D eigenvalue weighted by Crippen LogP contribution is 2.51. The Bertz CT molecular complexity index is 811. The number of ether oxygens (including phenoxy) is 1. The van der Waals surface area contributed by atoms with Crippen LogP contribution in [0, 0.1) is 5.92 Å². The van der Waals surface area contributed by atoms with Gasteiger partial charge in [0.2, 0.25) is 0 Å². The van der Waals surface area contributed by atoms with Gasteiger partial charge in [0.15, 0.2) is 0 Å². The molecule has 3 nitrogen and oxygen atoms in total. The molecule has 0 amide bonds. The lowest BCUT2D eigenvalue weighted by molar-refractivity contribution is -0.126. The van der Waals surface area contributed by atoms with Gasteiger partial charge in [-0.05, 0) is 43.9 Å². The third-order valence-electron chi connectivity index (χ3n) is 6.54. The highest BCUT2D eigenvalue weighted by Gasteiger charge is 2.49. The fourth-order valence-corrected chi connectivity index (χ4v) is 5.39. The first-order valence-electron chi connectivity index (χ1n) is 10.5. The van der Waals surface area contributed by atoms with Crippen LogP contribution < -0.4 is 4.74 Å². The van der Waals surface area contributed by atoms with Crippen molar-refractivity contribution in [1.29, 1.82) is 0 Å². The lowest BCUT2D eigenvalue weighted by atomic mass is 9.66. The zero-order valence-corrected chi connectivity index (χ0v) is 17.4. The van der Waals surface area contributed by atoms with E-state index in [9.17, 15) is 5.11 Å². The zero-order chi connectivity index (χ0) is 19.6. The van der Waals surface area contributed by atoms with Gasteiger partial charge < -0.3 is 9.84 Å². The molecule has 0 unspecified atom stereocenters. The Labute approximate surface area is 173 Å². The summed E-state index contributed by atoms with van der Waals surface area (Å²) in [5.74, 6) is 1.16. The fraction of sp³-hybridized carbons (Fsp3) is 0.500. The summed E-state index contributed by atoms with van der Waals surface area (Å²) in [7, 11) is 0. The van der Waals surface area contributed by atoms with Crippen molar-refractivity contribution in [3.63, 3.8) is 0 Å². The normalized spacial score (nSPS) is 28.0. The average Bonchev–Trinajstić information content (AvgIpc) is 2.70. The van der Waals surface area contributed by atoms with Crippen molar-refractivity contribution >= 4 is 11.6 Å². The van der Waals surface area contributed by atoms with E-state index in [-0.39, 0.29) is 12.0 Å². The van der Waals surface area contributed by atoms with Gasteiger partial charge in [-0.25, -0.2) is 0 Å². The number of hydrogen-bond acceptors (Lipinski definition) is 3. The quantitative estimate of drug-likeness (QED) is 0.709. The number of benzene rings is 2. The van der Waals surface area contributed by atoms with E-state index in [1.165, 1.54) is 12.0 Å². The van der Waals surface area contributed by atoms with Crippen LogP contribution in [0.4, 0.5) is 0 Å².